The third kappa shape index (κ3) is 5.11. The normalized spacial score (nSPS) is 18.6. The van der Waals surface area contributed by atoms with Gasteiger partial charge >= 0.3 is 5.97 Å². The van der Waals surface area contributed by atoms with Gasteiger partial charge in [0, 0.05) is 13.0 Å². The highest BCUT2D eigenvalue weighted by molar-refractivity contribution is 7.89. The van der Waals surface area contributed by atoms with Gasteiger partial charge in [0.05, 0.1) is 11.0 Å². The van der Waals surface area contributed by atoms with Crippen molar-refractivity contribution in [3.63, 3.8) is 0 Å². The molecule has 0 bridgehead atoms. The van der Waals surface area contributed by atoms with Gasteiger partial charge in [0.25, 0.3) is 0 Å². The molecule has 1 heterocycles. The van der Waals surface area contributed by atoms with Gasteiger partial charge in [-0.25, -0.2) is 13.6 Å². The largest absolute Gasteiger partial charge is 0.463 e. The lowest BCUT2D eigenvalue weighted by Gasteiger charge is -2.10. The fourth-order valence-corrected chi connectivity index (χ4v) is 2.64. The highest BCUT2D eigenvalue weighted by atomic mass is 32.2. The summed E-state index contributed by atoms with van der Waals surface area (Å²) in [6.45, 7) is 1.04. The van der Waals surface area contributed by atoms with Crippen LogP contribution in [0, 0.1) is 0 Å². The van der Waals surface area contributed by atoms with E-state index in [2.05, 4.69) is 0 Å². The average Bonchev–Trinajstić information content (AvgIpc) is 2.95. The number of rotatable bonds is 6. The van der Waals surface area contributed by atoms with Crippen molar-refractivity contribution in [1.29, 1.82) is 0 Å². The number of benzene rings is 1. The van der Waals surface area contributed by atoms with Crippen molar-refractivity contribution in [2.75, 3.05) is 13.2 Å². The zero-order valence-corrected chi connectivity index (χ0v) is 12.5. The van der Waals surface area contributed by atoms with Crippen LogP contribution in [0.25, 0.3) is 0 Å². The second-order valence-electron chi connectivity index (χ2n) is 5.01. The molecule has 2 rings (SSSR count). The lowest BCUT2D eigenvalue weighted by Crippen LogP contribution is -2.18. The van der Waals surface area contributed by atoms with Crippen LogP contribution in [0.2, 0.25) is 0 Å². The van der Waals surface area contributed by atoms with Gasteiger partial charge < -0.3 is 9.47 Å². The molecular formula is C14H19NO5S. The van der Waals surface area contributed by atoms with Gasteiger partial charge in [-0.3, -0.25) is 4.79 Å². The van der Waals surface area contributed by atoms with E-state index in [0.29, 0.717) is 13.0 Å². The van der Waals surface area contributed by atoms with E-state index in [0.717, 1.165) is 25.0 Å². The van der Waals surface area contributed by atoms with Crippen molar-refractivity contribution in [2.24, 2.45) is 5.14 Å². The molecule has 1 aliphatic heterocycles. The summed E-state index contributed by atoms with van der Waals surface area (Å²) in [5, 5.41) is 5.01. The zero-order chi connectivity index (χ0) is 15.3. The summed E-state index contributed by atoms with van der Waals surface area (Å²) in [6.07, 6.45) is 2.72. The topological polar surface area (TPSA) is 95.7 Å². The van der Waals surface area contributed by atoms with Crippen molar-refractivity contribution < 1.29 is 22.7 Å². The molecule has 2 N–H and O–H groups in total. The standard InChI is InChI=1S/C14H19NO5S/c15-21(17,18)13-6-3-11(4-7-13)5-8-14(16)20-10-12-2-1-9-19-12/h3-4,6-7,12H,1-2,5,8-10H2,(H2,15,17,18). The molecule has 1 aromatic rings. The van der Waals surface area contributed by atoms with Crippen molar-refractivity contribution in [2.45, 2.75) is 36.7 Å². The lowest BCUT2D eigenvalue weighted by molar-refractivity contribution is -0.146. The Balaban J connectivity index is 1.75. The highest BCUT2D eigenvalue weighted by Crippen LogP contribution is 2.13. The third-order valence-corrected chi connectivity index (χ3v) is 4.25. The number of carbonyl (C=O) groups excluding carboxylic acids is 1. The molecule has 0 radical (unpaired) electrons. The number of primary sulfonamides is 1. The smallest absolute Gasteiger partial charge is 0.306 e. The van der Waals surface area contributed by atoms with Gasteiger partial charge in [0.2, 0.25) is 10.0 Å². The van der Waals surface area contributed by atoms with Crippen molar-refractivity contribution in [3.05, 3.63) is 29.8 Å². The van der Waals surface area contributed by atoms with Gasteiger partial charge in [-0.05, 0) is 37.0 Å². The highest BCUT2D eigenvalue weighted by Gasteiger charge is 2.17. The SMILES string of the molecule is NS(=O)(=O)c1ccc(CCC(=O)OCC2CCCO2)cc1. The molecule has 1 saturated heterocycles. The number of esters is 1. The zero-order valence-electron chi connectivity index (χ0n) is 11.7. The summed E-state index contributed by atoms with van der Waals surface area (Å²) in [4.78, 5) is 11.7. The Kier molecular flexibility index (Phi) is 5.33. The molecule has 1 fully saturated rings. The molecule has 0 spiro atoms. The monoisotopic (exact) mass is 313 g/mol. The molecule has 6 nitrogen and oxygen atoms in total. The van der Waals surface area contributed by atoms with Crippen LogP contribution >= 0.6 is 0 Å². The van der Waals surface area contributed by atoms with Crippen LogP contribution in [0.1, 0.15) is 24.8 Å². The van der Waals surface area contributed by atoms with Crippen molar-refractivity contribution in [3.8, 4) is 0 Å². The molecule has 0 amide bonds. The maximum Gasteiger partial charge on any atom is 0.306 e. The predicted molar refractivity (Wildman–Crippen MR) is 76.1 cm³/mol. The summed E-state index contributed by atoms with van der Waals surface area (Å²) >= 11 is 0. The van der Waals surface area contributed by atoms with E-state index in [1.165, 1.54) is 12.1 Å². The van der Waals surface area contributed by atoms with Gasteiger partial charge in [0.1, 0.15) is 6.61 Å². The molecule has 21 heavy (non-hydrogen) atoms. The van der Waals surface area contributed by atoms with Crippen LogP contribution in [0.5, 0.6) is 0 Å². The number of carbonyl (C=O) groups is 1. The molecule has 1 aliphatic rings. The van der Waals surface area contributed by atoms with Crippen LogP contribution < -0.4 is 5.14 Å². The molecular weight excluding hydrogens is 294 g/mol. The van der Waals surface area contributed by atoms with Crippen LogP contribution in [-0.4, -0.2) is 33.7 Å². The molecule has 1 aromatic carbocycles. The molecule has 0 aliphatic carbocycles. The Morgan fingerprint density at radius 2 is 2.05 bits per heavy atom. The van der Waals surface area contributed by atoms with Gasteiger partial charge in [-0.15, -0.1) is 0 Å². The molecule has 7 heteroatoms. The Morgan fingerprint density at radius 3 is 2.62 bits per heavy atom. The quantitative estimate of drug-likeness (QED) is 0.790. The Morgan fingerprint density at radius 1 is 1.33 bits per heavy atom. The summed E-state index contributed by atoms with van der Waals surface area (Å²) in [5.41, 5.74) is 0.858. The number of nitrogens with two attached hydrogens (primary N) is 1. The van der Waals surface area contributed by atoms with E-state index in [9.17, 15) is 13.2 Å². The van der Waals surface area contributed by atoms with Gasteiger partial charge in [-0.1, -0.05) is 12.1 Å². The van der Waals surface area contributed by atoms with Crippen molar-refractivity contribution in [1.82, 2.24) is 0 Å². The van der Waals surface area contributed by atoms with E-state index in [1.54, 1.807) is 12.1 Å². The molecule has 0 saturated carbocycles. The first-order chi connectivity index (χ1) is 9.95. The first-order valence-electron chi connectivity index (χ1n) is 6.84. The maximum atomic E-state index is 11.6. The fraction of sp³-hybridized carbons (Fsp3) is 0.500. The van der Waals surface area contributed by atoms with Gasteiger partial charge in [0.15, 0.2) is 0 Å². The minimum atomic E-state index is -3.67. The van der Waals surface area contributed by atoms with E-state index in [1.807, 2.05) is 0 Å². The van der Waals surface area contributed by atoms with Crippen molar-refractivity contribution >= 4 is 16.0 Å². The van der Waals surface area contributed by atoms with E-state index in [-0.39, 0.29) is 23.4 Å². The van der Waals surface area contributed by atoms with E-state index >= 15 is 0 Å². The fourth-order valence-electron chi connectivity index (χ4n) is 2.13. The Labute approximate surface area is 124 Å². The lowest BCUT2D eigenvalue weighted by atomic mass is 10.1. The summed E-state index contributed by atoms with van der Waals surface area (Å²) < 4.78 is 32.7. The summed E-state index contributed by atoms with van der Waals surface area (Å²) in [5.74, 6) is -0.277. The second kappa shape index (κ2) is 7.02. The molecule has 1 atom stereocenters. The molecule has 116 valence electrons. The van der Waals surface area contributed by atoms with Crippen LogP contribution in [-0.2, 0) is 30.7 Å². The first-order valence-corrected chi connectivity index (χ1v) is 8.39. The number of sulfonamides is 1. The van der Waals surface area contributed by atoms with E-state index in [4.69, 9.17) is 14.6 Å². The number of aryl methyl sites for hydroxylation is 1. The first kappa shape index (κ1) is 15.9. The average molecular weight is 313 g/mol. The van der Waals surface area contributed by atoms with Crippen LogP contribution in [0.15, 0.2) is 29.2 Å². The minimum absolute atomic E-state index is 0.0306. The third-order valence-electron chi connectivity index (χ3n) is 3.32. The number of hydrogen-bond acceptors (Lipinski definition) is 5. The predicted octanol–water partition coefficient (Wildman–Crippen LogP) is 0.989. The minimum Gasteiger partial charge on any atom is -0.463 e. The van der Waals surface area contributed by atoms with Crippen LogP contribution in [0.3, 0.4) is 0 Å². The number of hydrogen-bond donors (Lipinski definition) is 1. The number of ether oxygens (including phenoxy) is 2. The van der Waals surface area contributed by atoms with Crippen LogP contribution in [0.4, 0.5) is 0 Å². The molecule has 1 unspecified atom stereocenters. The van der Waals surface area contributed by atoms with E-state index < -0.39 is 10.0 Å². The van der Waals surface area contributed by atoms with Gasteiger partial charge in [-0.2, -0.15) is 0 Å². The molecule has 0 aromatic heterocycles. The second-order valence-corrected chi connectivity index (χ2v) is 6.57. The Bertz CT molecular complexity index is 576. The summed E-state index contributed by atoms with van der Waals surface area (Å²) in [7, 11) is -3.67. The summed E-state index contributed by atoms with van der Waals surface area (Å²) in [6, 6.07) is 6.16. The Hall–Kier alpha value is -1.44. The maximum absolute atomic E-state index is 11.6.